The molecule has 3 rings (SSSR count). The van der Waals surface area contributed by atoms with E-state index in [4.69, 9.17) is 14.2 Å². The predicted octanol–water partition coefficient (Wildman–Crippen LogP) is 3.77. The lowest BCUT2D eigenvalue weighted by Gasteiger charge is -2.51. The fourth-order valence-corrected chi connectivity index (χ4v) is 6.90. The minimum absolute atomic E-state index is 0.00132. The van der Waals surface area contributed by atoms with Gasteiger partial charge >= 0.3 is 11.9 Å². The summed E-state index contributed by atoms with van der Waals surface area (Å²) in [5.41, 5.74) is -3.08. The van der Waals surface area contributed by atoms with Gasteiger partial charge in [0.05, 0.1) is 17.8 Å². The zero-order chi connectivity index (χ0) is 24.8. The molecule has 0 amide bonds. The van der Waals surface area contributed by atoms with E-state index >= 15 is 0 Å². The standard InChI is InChI=1S/C26H44O7/c1-8-9-20(29)33-26(7)13-11-19(28)24(5,30)14-18-22-21(23(26)31-18)17(15(2)3)10-12-25(22,6)32-16(4)27/h15,17-19,21-23,28,30H,8-14H2,1-7H3/t17-,18-,19+,21-,22-,23-,24+,25-,26+/m1/s1. The number of carbonyl (C=O) groups is 2. The van der Waals surface area contributed by atoms with Gasteiger partial charge in [-0.05, 0) is 64.7 Å². The molecule has 2 N–H and O–H groups in total. The zero-order valence-electron chi connectivity index (χ0n) is 21.4. The number of fused-ring (bicyclic) bond motifs is 5. The van der Waals surface area contributed by atoms with Gasteiger partial charge in [-0.2, -0.15) is 0 Å². The summed E-state index contributed by atoms with van der Waals surface area (Å²) in [5, 5.41) is 22.0. The van der Waals surface area contributed by atoms with E-state index in [1.165, 1.54) is 6.92 Å². The maximum atomic E-state index is 12.7. The Bertz CT molecular complexity index is 734. The van der Waals surface area contributed by atoms with Gasteiger partial charge in [-0.1, -0.05) is 20.8 Å². The van der Waals surface area contributed by atoms with Crippen molar-refractivity contribution < 1.29 is 34.0 Å². The average Bonchev–Trinajstić information content (AvgIpc) is 3.06. The van der Waals surface area contributed by atoms with E-state index in [0.717, 1.165) is 6.42 Å². The van der Waals surface area contributed by atoms with Crippen molar-refractivity contribution in [1.29, 1.82) is 0 Å². The van der Waals surface area contributed by atoms with Gasteiger partial charge in [0.2, 0.25) is 0 Å². The van der Waals surface area contributed by atoms with Crippen molar-refractivity contribution in [3.8, 4) is 0 Å². The highest BCUT2D eigenvalue weighted by Gasteiger charge is 2.65. The molecule has 0 aromatic carbocycles. The van der Waals surface area contributed by atoms with Crippen LogP contribution in [0, 0.1) is 23.7 Å². The first-order chi connectivity index (χ1) is 15.2. The molecule has 7 nitrogen and oxygen atoms in total. The van der Waals surface area contributed by atoms with E-state index in [2.05, 4.69) is 13.8 Å². The average molecular weight is 469 g/mol. The molecule has 3 aliphatic rings. The highest BCUT2D eigenvalue weighted by atomic mass is 16.6. The van der Waals surface area contributed by atoms with Crippen molar-refractivity contribution in [2.45, 2.75) is 129 Å². The molecule has 1 aliphatic carbocycles. The van der Waals surface area contributed by atoms with Gasteiger partial charge in [0.1, 0.15) is 17.3 Å². The third kappa shape index (κ3) is 5.10. The van der Waals surface area contributed by atoms with Crippen LogP contribution in [0.2, 0.25) is 0 Å². The summed E-state index contributed by atoms with van der Waals surface area (Å²) in [6, 6.07) is 0. The lowest BCUT2D eigenvalue weighted by molar-refractivity contribution is -0.184. The Balaban J connectivity index is 2.12. The van der Waals surface area contributed by atoms with Crippen molar-refractivity contribution in [2.75, 3.05) is 0 Å². The van der Waals surface area contributed by atoms with E-state index in [0.29, 0.717) is 43.9 Å². The van der Waals surface area contributed by atoms with E-state index in [1.807, 2.05) is 20.8 Å². The topological polar surface area (TPSA) is 102 Å². The predicted molar refractivity (Wildman–Crippen MR) is 123 cm³/mol. The molecule has 2 heterocycles. The molecule has 3 fully saturated rings. The third-order valence-electron chi connectivity index (χ3n) is 8.54. The van der Waals surface area contributed by atoms with Crippen LogP contribution < -0.4 is 0 Å². The number of hydrogen-bond donors (Lipinski definition) is 2. The molecule has 0 radical (unpaired) electrons. The molecule has 33 heavy (non-hydrogen) atoms. The summed E-state index contributed by atoms with van der Waals surface area (Å²) >= 11 is 0. The van der Waals surface area contributed by atoms with Crippen molar-refractivity contribution >= 4 is 11.9 Å². The van der Waals surface area contributed by atoms with Gasteiger partial charge in [-0.25, -0.2) is 0 Å². The van der Waals surface area contributed by atoms with E-state index in [-0.39, 0.29) is 30.2 Å². The minimum atomic E-state index is -1.37. The van der Waals surface area contributed by atoms with Crippen LogP contribution in [0.4, 0.5) is 0 Å². The fraction of sp³-hybridized carbons (Fsp3) is 0.923. The van der Waals surface area contributed by atoms with Crippen LogP contribution in [-0.4, -0.2) is 57.3 Å². The summed E-state index contributed by atoms with van der Waals surface area (Å²) in [7, 11) is 0. The largest absolute Gasteiger partial charge is 0.459 e. The van der Waals surface area contributed by atoms with Crippen LogP contribution in [0.15, 0.2) is 0 Å². The molecule has 0 aromatic rings. The Hall–Kier alpha value is -1.18. The van der Waals surface area contributed by atoms with Gasteiger partial charge < -0.3 is 24.4 Å². The molecule has 0 unspecified atom stereocenters. The number of carbonyl (C=O) groups excluding carboxylic acids is 2. The normalized spacial score (nSPS) is 45.5. The first kappa shape index (κ1) is 26.4. The number of rotatable bonds is 5. The first-order valence-electron chi connectivity index (χ1n) is 12.7. The maximum absolute atomic E-state index is 12.7. The highest BCUT2D eigenvalue weighted by molar-refractivity contribution is 5.70. The van der Waals surface area contributed by atoms with Crippen molar-refractivity contribution in [2.24, 2.45) is 23.7 Å². The molecular formula is C26H44O7. The van der Waals surface area contributed by atoms with Crippen molar-refractivity contribution in [3.63, 3.8) is 0 Å². The summed E-state index contributed by atoms with van der Waals surface area (Å²) < 4.78 is 18.8. The first-order valence-corrected chi connectivity index (χ1v) is 12.7. The molecule has 190 valence electrons. The van der Waals surface area contributed by atoms with Crippen LogP contribution in [0.1, 0.15) is 93.4 Å². The molecule has 2 saturated heterocycles. The van der Waals surface area contributed by atoms with Crippen LogP contribution >= 0.6 is 0 Å². The highest BCUT2D eigenvalue weighted by Crippen LogP contribution is 2.58. The second-order valence-electron chi connectivity index (χ2n) is 11.7. The Kier molecular flexibility index (Phi) is 7.58. The van der Waals surface area contributed by atoms with Crippen LogP contribution in [0.3, 0.4) is 0 Å². The quantitative estimate of drug-likeness (QED) is 0.592. The monoisotopic (exact) mass is 468 g/mol. The molecule has 7 heteroatoms. The van der Waals surface area contributed by atoms with Gasteiger partial charge in [0, 0.05) is 31.6 Å². The lowest BCUT2D eigenvalue weighted by Crippen LogP contribution is -2.57. The van der Waals surface area contributed by atoms with Gasteiger partial charge in [0.15, 0.2) is 0 Å². The Morgan fingerprint density at radius 2 is 1.73 bits per heavy atom. The van der Waals surface area contributed by atoms with Gasteiger partial charge in [-0.3, -0.25) is 9.59 Å². The third-order valence-corrected chi connectivity index (χ3v) is 8.54. The summed E-state index contributed by atoms with van der Waals surface area (Å²) in [6.45, 7) is 13.3. The van der Waals surface area contributed by atoms with Gasteiger partial charge in [-0.15, -0.1) is 0 Å². The second-order valence-corrected chi connectivity index (χ2v) is 11.7. The molecule has 1 saturated carbocycles. The second kappa shape index (κ2) is 9.46. The molecular weight excluding hydrogens is 424 g/mol. The maximum Gasteiger partial charge on any atom is 0.306 e. The summed E-state index contributed by atoms with van der Waals surface area (Å²) in [4.78, 5) is 24.8. The van der Waals surface area contributed by atoms with Crippen molar-refractivity contribution in [1.82, 2.24) is 0 Å². The number of aliphatic hydroxyl groups excluding tert-OH is 1. The fourth-order valence-electron chi connectivity index (χ4n) is 6.90. The number of esters is 2. The Labute approximate surface area is 198 Å². The number of aliphatic hydroxyl groups is 2. The van der Waals surface area contributed by atoms with Crippen LogP contribution in [-0.2, 0) is 23.8 Å². The molecule has 2 aliphatic heterocycles. The van der Waals surface area contributed by atoms with E-state index in [9.17, 15) is 19.8 Å². The van der Waals surface area contributed by atoms with Gasteiger partial charge in [0.25, 0.3) is 0 Å². The summed E-state index contributed by atoms with van der Waals surface area (Å²) in [6.07, 6.45) is 1.70. The smallest absolute Gasteiger partial charge is 0.306 e. The molecule has 0 spiro atoms. The minimum Gasteiger partial charge on any atom is -0.459 e. The van der Waals surface area contributed by atoms with Crippen molar-refractivity contribution in [3.05, 3.63) is 0 Å². The molecule has 9 atom stereocenters. The molecule has 2 bridgehead atoms. The Morgan fingerprint density at radius 1 is 1.09 bits per heavy atom. The van der Waals surface area contributed by atoms with E-state index in [1.54, 1.807) is 6.92 Å². The SMILES string of the molecule is CCCC(=O)O[C@@]1(C)CC[C@H](O)[C@@](C)(O)C[C@H]2O[C@@H]1[C@H]1[C@@H]2[C@](C)(OC(C)=O)CC[C@@H]1C(C)C. The van der Waals surface area contributed by atoms with Crippen LogP contribution in [0.5, 0.6) is 0 Å². The number of ether oxygens (including phenoxy) is 3. The van der Waals surface area contributed by atoms with E-state index < -0.39 is 35.1 Å². The number of hydrogen-bond acceptors (Lipinski definition) is 7. The zero-order valence-corrected chi connectivity index (χ0v) is 21.4. The lowest BCUT2D eigenvalue weighted by atomic mass is 9.57. The summed E-state index contributed by atoms with van der Waals surface area (Å²) in [5.74, 6) is -0.116. The molecule has 0 aromatic heterocycles. The Morgan fingerprint density at radius 3 is 2.30 bits per heavy atom. The van der Waals surface area contributed by atoms with Crippen LogP contribution in [0.25, 0.3) is 0 Å².